The van der Waals surface area contributed by atoms with E-state index in [1.807, 2.05) is 52.8 Å². The normalized spacial score (nSPS) is 10.8. The third-order valence-corrected chi connectivity index (χ3v) is 3.47. The smallest absolute Gasteiger partial charge is 0.119 e. The van der Waals surface area contributed by atoms with Gasteiger partial charge in [-0.3, -0.25) is 0 Å². The van der Waals surface area contributed by atoms with E-state index >= 15 is 0 Å². The number of benzene rings is 1. The SMILES string of the molecule is Cn1cncc1-c1cnnn1CCCCOc1ccccc1. The van der Waals surface area contributed by atoms with Crippen LogP contribution >= 0.6 is 0 Å². The van der Waals surface area contributed by atoms with Crippen LogP contribution in [0, 0.1) is 0 Å². The Morgan fingerprint density at radius 3 is 2.68 bits per heavy atom. The molecule has 0 amide bonds. The molecule has 0 fully saturated rings. The van der Waals surface area contributed by atoms with Gasteiger partial charge in [0.2, 0.25) is 0 Å². The van der Waals surface area contributed by atoms with Crippen LogP contribution in [0.1, 0.15) is 12.8 Å². The fourth-order valence-electron chi connectivity index (χ4n) is 2.30. The average Bonchev–Trinajstić information content (AvgIpc) is 3.16. The fraction of sp³-hybridized carbons (Fsp3) is 0.312. The Kier molecular flexibility index (Phi) is 4.48. The van der Waals surface area contributed by atoms with E-state index in [0.717, 1.165) is 36.5 Å². The topological polar surface area (TPSA) is 57.8 Å². The second-order valence-electron chi connectivity index (χ2n) is 5.10. The molecule has 0 spiro atoms. The van der Waals surface area contributed by atoms with Crippen LogP contribution in [0.2, 0.25) is 0 Å². The predicted octanol–water partition coefficient (Wildman–Crippen LogP) is 2.54. The summed E-state index contributed by atoms with van der Waals surface area (Å²) in [5.41, 5.74) is 2.01. The van der Waals surface area contributed by atoms with Gasteiger partial charge in [0.15, 0.2) is 0 Å². The van der Waals surface area contributed by atoms with Gasteiger partial charge in [0.05, 0.1) is 31.0 Å². The fourth-order valence-corrected chi connectivity index (χ4v) is 2.30. The lowest BCUT2D eigenvalue weighted by Gasteiger charge is -2.08. The number of hydrogen-bond acceptors (Lipinski definition) is 4. The quantitative estimate of drug-likeness (QED) is 0.629. The number of aromatic nitrogens is 5. The van der Waals surface area contributed by atoms with Crippen molar-refractivity contribution in [3.05, 3.63) is 49.1 Å². The van der Waals surface area contributed by atoms with Gasteiger partial charge in [0.1, 0.15) is 11.4 Å². The first-order valence-electron chi connectivity index (χ1n) is 7.37. The lowest BCUT2D eigenvalue weighted by molar-refractivity contribution is 0.301. The number of hydrogen-bond donors (Lipinski definition) is 0. The lowest BCUT2D eigenvalue weighted by atomic mass is 10.3. The Morgan fingerprint density at radius 1 is 1.05 bits per heavy atom. The van der Waals surface area contributed by atoms with Crippen molar-refractivity contribution in [2.75, 3.05) is 6.61 Å². The Bertz CT molecular complexity index is 704. The van der Waals surface area contributed by atoms with E-state index in [1.54, 1.807) is 12.5 Å². The summed E-state index contributed by atoms with van der Waals surface area (Å²) in [6.07, 6.45) is 7.34. The van der Waals surface area contributed by atoms with Gasteiger partial charge in [-0.2, -0.15) is 0 Å². The van der Waals surface area contributed by atoms with E-state index in [-0.39, 0.29) is 0 Å². The van der Waals surface area contributed by atoms with Crippen LogP contribution in [0.15, 0.2) is 49.1 Å². The van der Waals surface area contributed by atoms with Gasteiger partial charge >= 0.3 is 0 Å². The minimum Gasteiger partial charge on any atom is -0.494 e. The van der Waals surface area contributed by atoms with Crippen molar-refractivity contribution >= 4 is 0 Å². The Labute approximate surface area is 129 Å². The standard InChI is InChI=1S/C16H19N5O/c1-20-13-17-11-15(20)16-12-18-19-21(16)9-5-6-10-22-14-7-3-2-4-8-14/h2-4,7-8,11-13H,5-6,9-10H2,1H3. The summed E-state index contributed by atoms with van der Waals surface area (Å²) in [5.74, 6) is 0.916. The molecule has 0 aliphatic heterocycles. The van der Waals surface area contributed by atoms with Gasteiger partial charge in [-0.25, -0.2) is 9.67 Å². The highest BCUT2D eigenvalue weighted by Crippen LogP contribution is 2.17. The van der Waals surface area contributed by atoms with Gasteiger partial charge in [-0.05, 0) is 25.0 Å². The summed E-state index contributed by atoms with van der Waals surface area (Å²) in [7, 11) is 1.97. The van der Waals surface area contributed by atoms with Crippen LogP contribution in [-0.2, 0) is 13.6 Å². The number of nitrogens with zero attached hydrogens (tertiary/aromatic N) is 5. The molecule has 2 aromatic heterocycles. The molecule has 0 atom stereocenters. The highest BCUT2D eigenvalue weighted by atomic mass is 16.5. The van der Waals surface area contributed by atoms with E-state index < -0.39 is 0 Å². The molecule has 0 radical (unpaired) electrons. The average molecular weight is 297 g/mol. The van der Waals surface area contributed by atoms with Crippen molar-refractivity contribution in [1.82, 2.24) is 24.5 Å². The molecule has 2 heterocycles. The molecular formula is C16H19N5O. The van der Waals surface area contributed by atoms with E-state index in [1.165, 1.54) is 0 Å². The van der Waals surface area contributed by atoms with E-state index in [4.69, 9.17) is 4.74 Å². The molecule has 0 N–H and O–H groups in total. The summed E-state index contributed by atoms with van der Waals surface area (Å²) in [5, 5.41) is 8.16. The van der Waals surface area contributed by atoms with Gasteiger partial charge < -0.3 is 9.30 Å². The molecule has 0 saturated heterocycles. The van der Waals surface area contributed by atoms with Gasteiger partial charge in [0, 0.05) is 13.6 Å². The van der Waals surface area contributed by atoms with E-state index in [0.29, 0.717) is 6.61 Å². The molecule has 6 heteroatoms. The summed E-state index contributed by atoms with van der Waals surface area (Å²) in [6.45, 7) is 1.53. The second kappa shape index (κ2) is 6.89. The molecule has 0 unspecified atom stereocenters. The molecule has 6 nitrogen and oxygen atoms in total. The first kappa shape index (κ1) is 14.3. The first-order valence-corrected chi connectivity index (χ1v) is 7.37. The van der Waals surface area contributed by atoms with Crippen molar-refractivity contribution < 1.29 is 4.74 Å². The van der Waals surface area contributed by atoms with Gasteiger partial charge in [-0.15, -0.1) is 5.10 Å². The summed E-state index contributed by atoms with van der Waals surface area (Å²) in [6, 6.07) is 9.88. The van der Waals surface area contributed by atoms with Gasteiger partial charge in [-0.1, -0.05) is 23.4 Å². The highest BCUT2D eigenvalue weighted by Gasteiger charge is 2.09. The zero-order valence-corrected chi connectivity index (χ0v) is 12.6. The van der Waals surface area contributed by atoms with Crippen LogP contribution in [0.5, 0.6) is 5.75 Å². The summed E-state index contributed by atoms with van der Waals surface area (Å²) < 4.78 is 9.57. The van der Waals surface area contributed by atoms with Crippen molar-refractivity contribution in [3.63, 3.8) is 0 Å². The van der Waals surface area contributed by atoms with Crippen LogP contribution < -0.4 is 4.74 Å². The Balaban J connectivity index is 1.49. The number of aryl methyl sites for hydroxylation is 2. The first-order chi connectivity index (χ1) is 10.8. The van der Waals surface area contributed by atoms with E-state index in [9.17, 15) is 0 Å². The predicted molar refractivity (Wildman–Crippen MR) is 83.4 cm³/mol. The Morgan fingerprint density at radius 2 is 1.91 bits per heavy atom. The van der Waals surface area contributed by atoms with Crippen molar-refractivity contribution in [3.8, 4) is 17.1 Å². The zero-order chi connectivity index (χ0) is 15.2. The number of imidazole rings is 1. The van der Waals surface area contributed by atoms with Gasteiger partial charge in [0.25, 0.3) is 0 Å². The van der Waals surface area contributed by atoms with E-state index in [2.05, 4.69) is 15.3 Å². The largest absolute Gasteiger partial charge is 0.494 e. The molecule has 0 aliphatic carbocycles. The molecule has 0 saturated carbocycles. The Hall–Kier alpha value is -2.63. The highest BCUT2D eigenvalue weighted by molar-refractivity contribution is 5.52. The van der Waals surface area contributed by atoms with Crippen LogP contribution in [0.25, 0.3) is 11.4 Å². The lowest BCUT2D eigenvalue weighted by Crippen LogP contribution is -2.06. The zero-order valence-electron chi connectivity index (χ0n) is 12.6. The van der Waals surface area contributed by atoms with Crippen molar-refractivity contribution in [1.29, 1.82) is 0 Å². The molecule has 0 bridgehead atoms. The molecule has 3 rings (SSSR count). The molecule has 3 aromatic rings. The van der Waals surface area contributed by atoms with Crippen molar-refractivity contribution in [2.24, 2.45) is 7.05 Å². The number of para-hydroxylation sites is 1. The molecule has 0 aliphatic rings. The molecule has 1 aromatic carbocycles. The molecular weight excluding hydrogens is 278 g/mol. The monoisotopic (exact) mass is 297 g/mol. The number of rotatable bonds is 7. The number of unbranched alkanes of at least 4 members (excludes halogenated alkanes) is 1. The second-order valence-corrected chi connectivity index (χ2v) is 5.10. The molecule has 22 heavy (non-hydrogen) atoms. The summed E-state index contributed by atoms with van der Waals surface area (Å²) >= 11 is 0. The minimum absolute atomic E-state index is 0.708. The molecule has 114 valence electrons. The number of ether oxygens (including phenoxy) is 1. The third kappa shape index (κ3) is 3.33. The van der Waals surface area contributed by atoms with Crippen LogP contribution in [-0.4, -0.2) is 31.2 Å². The minimum atomic E-state index is 0.708. The summed E-state index contributed by atoms with van der Waals surface area (Å²) in [4.78, 5) is 4.14. The van der Waals surface area contributed by atoms with Crippen molar-refractivity contribution in [2.45, 2.75) is 19.4 Å². The third-order valence-electron chi connectivity index (χ3n) is 3.47. The van der Waals surface area contributed by atoms with Crippen LogP contribution in [0.4, 0.5) is 0 Å². The maximum atomic E-state index is 5.69. The van der Waals surface area contributed by atoms with Crippen LogP contribution in [0.3, 0.4) is 0 Å². The maximum Gasteiger partial charge on any atom is 0.119 e. The maximum absolute atomic E-state index is 5.69.